The predicted octanol–water partition coefficient (Wildman–Crippen LogP) is 2.91. The summed E-state index contributed by atoms with van der Waals surface area (Å²) in [5.74, 6) is 0.766. The van der Waals surface area contributed by atoms with E-state index in [1.54, 1.807) is 13.1 Å². The molecule has 0 aliphatic carbocycles. The number of aliphatic imine (C=N–C) groups is 1. The van der Waals surface area contributed by atoms with Gasteiger partial charge in [0.15, 0.2) is 5.96 Å². The first kappa shape index (κ1) is 26.1. The van der Waals surface area contributed by atoms with Gasteiger partial charge in [0.25, 0.3) is 0 Å². The summed E-state index contributed by atoms with van der Waals surface area (Å²) in [6.45, 7) is 7.66. The zero-order valence-electron chi connectivity index (χ0n) is 18.2. The van der Waals surface area contributed by atoms with Crippen LogP contribution in [0, 0.1) is 0 Å². The van der Waals surface area contributed by atoms with Crippen molar-refractivity contribution in [2.24, 2.45) is 4.99 Å². The lowest BCUT2D eigenvalue weighted by molar-refractivity contribution is -0.137. The normalized spacial score (nSPS) is 22.0. The van der Waals surface area contributed by atoms with Gasteiger partial charge in [-0.1, -0.05) is 12.1 Å². The second-order valence-electron chi connectivity index (χ2n) is 7.90. The van der Waals surface area contributed by atoms with E-state index >= 15 is 0 Å². The van der Waals surface area contributed by atoms with Crippen LogP contribution in [0.25, 0.3) is 0 Å². The average Bonchev–Trinajstić information content (AvgIpc) is 2.95. The number of alkyl halides is 3. The Morgan fingerprint density at radius 3 is 2.74 bits per heavy atom. The van der Waals surface area contributed by atoms with Crippen molar-refractivity contribution in [3.8, 4) is 0 Å². The molecule has 31 heavy (non-hydrogen) atoms. The number of hydrogen-bond donors (Lipinski definition) is 1. The van der Waals surface area contributed by atoms with Crippen LogP contribution in [0.4, 0.5) is 13.2 Å². The Balaban J connectivity index is 0.00000341. The van der Waals surface area contributed by atoms with Gasteiger partial charge in [-0.05, 0) is 44.3 Å². The van der Waals surface area contributed by atoms with Gasteiger partial charge < -0.3 is 24.8 Å². The lowest BCUT2D eigenvalue weighted by atomic mass is 10.0. The predicted molar refractivity (Wildman–Crippen MR) is 127 cm³/mol. The zero-order valence-corrected chi connectivity index (χ0v) is 20.5. The number of nitrogens with zero attached hydrogens (tertiary/aromatic N) is 4. The van der Waals surface area contributed by atoms with Crippen molar-refractivity contribution in [1.82, 2.24) is 20.0 Å². The summed E-state index contributed by atoms with van der Waals surface area (Å²) in [7, 11) is 3.89. The molecule has 1 N–H and O–H groups in total. The molecule has 2 saturated heterocycles. The lowest BCUT2D eigenvalue weighted by Crippen LogP contribution is -2.49. The molecule has 0 aromatic heterocycles. The largest absolute Gasteiger partial charge is 0.416 e. The SMILES string of the molecule is CN=C(NCCN1CCCN(C)CC1)N1CCOC(c2cccc(C(F)(F)F)c2)C1.I. The van der Waals surface area contributed by atoms with E-state index in [0.29, 0.717) is 25.3 Å². The highest BCUT2D eigenvalue weighted by Crippen LogP contribution is 2.32. The van der Waals surface area contributed by atoms with E-state index in [4.69, 9.17) is 4.74 Å². The Labute approximate surface area is 199 Å². The van der Waals surface area contributed by atoms with Gasteiger partial charge in [-0.25, -0.2) is 0 Å². The van der Waals surface area contributed by atoms with Gasteiger partial charge in [0.2, 0.25) is 0 Å². The second kappa shape index (κ2) is 12.2. The van der Waals surface area contributed by atoms with E-state index in [9.17, 15) is 13.2 Å². The molecule has 0 bridgehead atoms. The molecule has 3 rings (SSSR count). The Morgan fingerprint density at radius 1 is 1.19 bits per heavy atom. The van der Waals surface area contributed by atoms with Crippen LogP contribution >= 0.6 is 24.0 Å². The fraction of sp³-hybridized carbons (Fsp3) is 0.667. The van der Waals surface area contributed by atoms with E-state index in [1.807, 2.05) is 0 Å². The lowest BCUT2D eigenvalue weighted by Gasteiger charge is -2.35. The van der Waals surface area contributed by atoms with Crippen molar-refractivity contribution in [3.05, 3.63) is 35.4 Å². The van der Waals surface area contributed by atoms with Gasteiger partial charge >= 0.3 is 6.18 Å². The van der Waals surface area contributed by atoms with Gasteiger partial charge in [0.05, 0.1) is 18.7 Å². The van der Waals surface area contributed by atoms with Gasteiger partial charge in [0.1, 0.15) is 6.10 Å². The highest BCUT2D eigenvalue weighted by atomic mass is 127. The quantitative estimate of drug-likeness (QED) is 0.352. The monoisotopic (exact) mass is 555 g/mol. The minimum Gasteiger partial charge on any atom is -0.370 e. The summed E-state index contributed by atoms with van der Waals surface area (Å²) in [5, 5.41) is 3.41. The third-order valence-electron chi connectivity index (χ3n) is 5.69. The third-order valence-corrected chi connectivity index (χ3v) is 5.69. The molecular formula is C21H33F3IN5O. The van der Waals surface area contributed by atoms with Crippen LogP contribution in [0.1, 0.15) is 23.7 Å². The smallest absolute Gasteiger partial charge is 0.370 e. The van der Waals surface area contributed by atoms with Crippen molar-refractivity contribution in [1.29, 1.82) is 0 Å². The van der Waals surface area contributed by atoms with Crippen LogP contribution in [0.5, 0.6) is 0 Å². The van der Waals surface area contributed by atoms with Gasteiger partial charge in [-0.2, -0.15) is 13.2 Å². The molecule has 176 valence electrons. The number of hydrogen-bond acceptors (Lipinski definition) is 4. The van der Waals surface area contributed by atoms with Crippen molar-refractivity contribution in [2.45, 2.75) is 18.7 Å². The number of guanidine groups is 1. The van der Waals surface area contributed by atoms with E-state index in [0.717, 1.165) is 51.3 Å². The van der Waals surface area contributed by atoms with E-state index in [1.165, 1.54) is 18.6 Å². The Morgan fingerprint density at radius 2 is 2.00 bits per heavy atom. The number of morpholine rings is 1. The summed E-state index contributed by atoms with van der Waals surface area (Å²) in [6.07, 6.45) is -3.60. The van der Waals surface area contributed by atoms with Crippen molar-refractivity contribution in [3.63, 3.8) is 0 Å². The number of rotatable bonds is 4. The molecule has 2 heterocycles. The fourth-order valence-corrected chi connectivity index (χ4v) is 3.94. The second-order valence-corrected chi connectivity index (χ2v) is 7.90. The van der Waals surface area contributed by atoms with Crippen molar-refractivity contribution in [2.75, 3.05) is 73.1 Å². The molecule has 1 atom stereocenters. The van der Waals surface area contributed by atoms with Crippen LogP contribution < -0.4 is 5.32 Å². The number of ether oxygens (including phenoxy) is 1. The van der Waals surface area contributed by atoms with Crippen LogP contribution in [0.2, 0.25) is 0 Å². The molecule has 0 spiro atoms. The molecule has 0 amide bonds. The maximum atomic E-state index is 13.0. The number of benzene rings is 1. The van der Waals surface area contributed by atoms with E-state index in [2.05, 4.69) is 32.1 Å². The number of nitrogens with one attached hydrogen (secondary N) is 1. The van der Waals surface area contributed by atoms with Crippen LogP contribution in [-0.2, 0) is 10.9 Å². The van der Waals surface area contributed by atoms with Gasteiger partial charge in [-0.3, -0.25) is 4.99 Å². The third kappa shape index (κ3) is 7.76. The molecular weight excluding hydrogens is 522 g/mol. The van der Waals surface area contributed by atoms with Gasteiger partial charge in [-0.15, -0.1) is 24.0 Å². The van der Waals surface area contributed by atoms with Gasteiger partial charge in [0, 0.05) is 39.8 Å². The molecule has 2 aliphatic heterocycles. The maximum Gasteiger partial charge on any atom is 0.416 e. The van der Waals surface area contributed by atoms with Crippen LogP contribution in [-0.4, -0.2) is 93.7 Å². The highest BCUT2D eigenvalue weighted by molar-refractivity contribution is 14.0. The molecule has 1 aromatic rings. The average molecular weight is 555 g/mol. The van der Waals surface area contributed by atoms with Crippen molar-refractivity contribution < 1.29 is 17.9 Å². The summed E-state index contributed by atoms with van der Waals surface area (Å²) < 4.78 is 44.9. The molecule has 6 nitrogen and oxygen atoms in total. The standard InChI is InChI=1S/C21H32F3N5O.HI/c1-25-20(26-7-10-28-9-4-8-27(2)11-12-28)29-13-14-30-19(16-29)17-5-3-6-18(15-17)21(22,23)24;/h3,5-6,15,19H,4,7-14,16H2,1-2H3,(H,25,26);1H. The molecule has 1 aromatic carbocycles. The first-order valence-electron chi connectivity index (χ1n) is 10.5. The first-order valence-corrected chi connectivity index (χ1v) is 10.5. The first-order chi connectivity index (χ1) is 14.4. The Kier molecular flexibility index (Phi) is 10.3. The number of halogens is 4. The minimum atomic E-state index is -4.36. The topological polar surface area (TPSA) is 43.3 Å². The minimum absolute atomic E-state index is 0. The maximum absolute atomic E-state index is 13.0. The fourth-order valence-electron chi connectivity index (χ4n) is 3.94. The molecule has 2 aliphatic rings. The van der Waals surface area contributed by atoms with Crippen LogP contribution in [0.15, 0.2) is 29.3 Å². The summed E-state index contributed by atoms with van der Waals surface area (Å²) in [5.41, 5.74) is -0.106. The summed E-state index contributed by atoms with van der Waals surface area (Å²) >= 11 is 0. The molecule has 1 unspecified atom stereocenters. The zero-order chi connectivity index (χ0) is 21.6. The summed E-state index contributed by atoms with van der Waals surface area (Å²) in [4.78, 5) is 11.2. The van der Waals surface area contributed by atoms with Crippen molar-refractivity contribution >= 4 is 29.9 Å². The molecule has 0 radical (unpaired) electrons. The molecule has 2 fully saturated rings. The van der Waals surface area contributed by atoms with Crippen LogP contribution in [0.3, 0.4) is 0 Å². The Hall–Kier alpha value is -1.11. The molecule has 10 heteroatoms. The Bertz CT molecular complexity index is 719. The highest BCUT2D eigenvalue weighted by Gasteiger charge is 2.32. The summed E-state index contributed by atoms with van der Waals surface area (Å²) in [6, 6.07) is 5.40. The molecule has 0 saturated carbocycles. The van der Waals surface area contributed by atoms with E-state index in [-0.39, 0.29) is 24.0 Å². The van der Waals surface area contributed by atoms with E-state index < -0.39 is 17.8 Å². The number of likely N-dealkylation sites (N-methyl/N-ethyl adjacent to an activating group) is 1.